The van der Waals surface area contributed by atoms with E-state index in [4.69, 9.17) is 5.73 Å². The van der Waals surface area contributed by atoms with Crippen LogP contribution in [0.2, 0.25) is 0 Å². The number of hydrogen-bond acceptors (Lipinski definition) is 2. The van der Waals surface area contributed by atoms with Gasteiger partial charge in [-0.05, 0) is 51.7 Å². The fraction of sp³-hybridized carbons (Fsp3) is 1.00. The maximum Gasteiger partial charge on any atom is 0.0161 e. The molecule has 1 rings (SSSR count). The molecule has 0 bridgehead atoms. The zero-order chi connectivity index (χ0) is 9.73. The SMILES string of the molecule is CCC(N)(CC)CCN1CCCC1. The second kappa shape index (κ2) is 4.97. The van der Waals surface area contributed by atoms with E-state index in [1.54, 1.807) is 0 Å². The van der Waals surface area contributed by atoms with Gasteiger partial charge in [0.1, 0.15) is 0 Å². The predicted molar refractivity (Wildman–Crippen MR) is 57.8 cm³/mol. The Bertz CT molecular complexity index is 135. The molecular formula is C11H24N2. The zero-order valence-corrected chi connectivity index (χ0v) is 9.18. The van der Waals surface area contributed by atoms with Crippen LogP contribution in [0.25, 0.3) is 0 Å². The standard InChI is InChI=1S/C11H24N2/c1-3-11(12,4-2)7-10-13-8-5-6-9-13/h3-10,12H2,1-2H3. The van der Waals surface area contributed by atoms with E-state index in [1.807, 2.05) is 0 Å². The molecule has 13 heavy (non-hydrogen) atoms. The van der Waals surface area contributed by atoms with E-state index >= 15 is 0 Å². The van der Waals surface area contributed by atoms with Gasteiger partial charge in [0, 0.05) is 5.54 Å². The number of hydrogen-bond donors (Lipinski definition) is 1. The van der Waals surface area contributed by atoms with Gasteiger partial charge in [0.15, 0.2) is 0 Å². The van der Waals surface area contributed by atoms with Crippen molar-refractivity contribution >= 4 is 0 Å². The molecule has 1 heterocycles. The van der Waals surface area contributed by atoms with Crippen LogP contribution in [0.1, 0.15) is 46.0 Å². The third kappa shape index (κ3) is 3.28. The Morgan fingerprint density at radius 3 is 2.15 bits per heavy atom. The van der Waals surface area contributed by atoms with Crippen LogP contribution in [0.5, 0.6) is 0 Å². The van der Waals surface area contributed by atoms with Gasteiger partial charge in [0.2, 0.25) is 0 Å². The van der Waals surface area contributed by atoms with Crippen molar-refractivity contribution in [1.29, 1.82) is 0 Å². The molecule has 0 saturated carbocycles. The van der Waals surface area contributed by atoms with Gasteiger partial charge in [-0.1, -0.05) is 13.8 Å². The molecule has 0 unspecified atom stereocenters. The lowest BCUT2D eigenvalue weighted by atomic mass is 9.90. The molecule has 0 aromatic carbocycles. The molecule has 0 aromatic rings. The highest BCUT2D eigenvalue weighted by Crippen LogP contribution is 2.18. The van der Waals surface area contributed by atoms with Gasteiger partial charge in [-0.25, -0.2) is 0 Å². The van der Waals surface area contributed by atoms with Crippen molar-refractivity contribution in [2.75, 3.05) is 19.6 Å². The second-order valence-electron chi connectivity index (χ2n) is 4.37. The molecule has 1 aliphatic heterocycles. The Hall–Kier alpha value is -0.0800. The summed E-state index contributed by atoms with van der Waals surface area (Å²) in [6.07, 6.45) is 6.15. The molecule has 78 valence electrons. The van der Waals surface area contributed by atoms with Crippen molar-refractivity contribution in [1.82, 2.24) is 4.90 Å². The van der Waals surface area contributed by atoms with Crippen LogP contribution in [0.3, 0.4) is 0 Å². The first-order valence-electron chi connectivity index (χ1n) is 5.71. The summed E-state index contributed by atoms with van der Waals surface area (Å²) in [5, 5.41) is 0. The smallest absolute Gasteiger partial charge is 0.0161 e. The summed E-state index contributed by atoms with van der Waals surface area (Å²) >= 11 is 0. The molecule has 2 N–H and O–H groups in total. The number of nitrogens with zero attached hydrogens (tertiary/aromatic N) is 1. The fourth-order valence-corrected chi connectivity index (χ4v) is 1.99. The first-order valence-corrected chi connectivity index (χ1v) is 5.71. The molecule has 2 heteroatoms. The lowest BCUT2D eigenvalue weighted by molar-refractivity contribution is 0.269. The van der Waals surface area contributed by atoms with Crippen molar-refractivity contribution in [2.24, 2.45) is 5.73 Å². The van der Waals surface area contributed by atoms with E-state index in [2.05, 4.69) is 18.7 Å². The number of nitrogens with two attached hydrogens (primary N) is 1. The van der Waals surface area contributed by atoms with Crippen molar-refractivity contribution in [2.45, 2.75) is 51.5 Å². The van der Waals surface area contributed by atoms with Crippen LogP contribution in [0.4, 0.5) is 0 Å². The van der Waals surface area contributed by atoms with Crippen LogP contribution in [-0.4, -0.2) is 30.1 Å². The average Bonchev–Trinajstić information content (AvgIpc) is 2.67. The summed E-state index contributed by atoms with van der Waals surface area (Å²) < 4.78 is 0. The predicted octanol–water partition coefficient (Wildman–Crippen LogP) is 1.99. The molecule has 0 atom stereocenters. The summed E-state index contributed by atoms with van der Waals surface area (Å²) in [5.74, 6) is 0. The maximum atomic E-state index is 6.25. The third-order valence-corrected chi connectivity index (χ3v) is 3.53. The molecule has 1 fully saturated rings. The van der Waals surface area contributed by atoms with E-state index in [0.717, 1.165) is 12.8 Å². The van der Waals surface area contributed by atoms with Gasteiger partial charge >= 0.3 is 0 Å². The van der Waals surface area contributed by atoms with Crippen molar-refractivity contribution in [3.63, 3.8) is 0 Å². The van der Waals surface area contributed by atoms with Crippen molar-refractivity contribution in [3.05, 3.63) is 0 Å². The number of rotatable bonds is 5. The topological polar surface area (TPSA) is 29.3 Å². The quantitative estimate of drug-likeness (QED) is 0.708. The minimum absolute atomic E-state index is 0.0998. The van der Waals surface area contributed by atoms with Crippen LogP contribution in [-0.2, 0) is 0 Å². The first-order chi connectivity index (χ1) is 6.20. The van der Waals surface area contributed by atoms with Crippen molar-refractivity contribution in [3.8, 4) is 0 Å². The Balaban J connectivity index is 2.22. The lowest BCUT2D eigenvalue weighted by Crippen LogP contribution is -2.41. The minimum atomic E-state index is 0.0998. The largest absolute Gasteiger partial charge is 0.325 e. The van der Waals surface area contributed by atoms with Crippen LogP contribution < -0.4 is 5.73 Å². The van der Waals surface area contributed by atoms with Crippen LogP contribution >= 0.6 is 0 Å². The molecule has 0 amide bonds. The van der Waals surface area contributed by atoms with Gasteiger partial charge in [-0.2, -0.15) is 0 Å². The summed E-state index contributed by atoms with van der Waals surface area (Å²) in [6.45, 7) is 8.20. The highest BCUT2D eigenvalue weighted by Gasteiger charge is 2.21. The van der Waals surface area contributed by atoms with Crippen molar-refractivity contribution < 1.29 is 0 Å². The highest BCUT2D eigenvalue weighted by molar-refractivity contribution is 4.82. The average molecular weight is 184 g/mol. The number of likely N-dealkylation sites (tertiary alicyclic amines) is 1. The third-order valence-electron chi connectivity index (χ3n) is 3.53. The Morgan fingerprint density at radius 2 is 1.69 bits per heavy atom. The van der Waals surface area contributed by atoms with E-state index in [1.165, 1.54) is 38.9 Å². The summed E-state index contributed by atoms with van der Waals surface area (Å²) in [5.41, 5.74) is 6.35. The van der Waals surface area contributed by atoms with E-state index in [-0.39, 0.29) is 5.54 Å². The molecule has 0 aliphatic carbocycles. The molecule has 0 radical (unpaired) electrons. The maximum absolute atomic E-state index is 6.25. The van der Waals surface area contributed by atoms with Gasteiger partial charge < -0.3 is 10.6 Å². The highest BCUT2D eigenvalue weighted by atomic mass is 15.1. The Morgan fingerprint density at radius 1 is 1.15 bits per heavy atom. The molecule has 0 aromatic heterocycles. The first kappa shape index (κ1) is 11.0. The normalized spacial score (nSPS) is 19.6. The van der Waals surface area contributed by atoms with Crippen LogP contribution in [0, 0.1) is 0 Å². The Kier molecular flexibility index (Phi) is 4.20. The molecule has 1 saturated heterocycles. The molecule has 1 aliphatic rings. The lowest BCUT2D eigenvalue weighted by Gasteiger charge is -2.29. The summed E-state index contributed by atoms with van der Waals surface area (Å²) in [4.78, 5) is 2.55. The molecule has 0 spiro atoms. The van der Waals surface area contributed by atoms with Gasteiger partial charge in [-0.15, -0.1) is 0 Å². The van der Waals surface area contributed by atoms with Gasteiger partial charge in [0.05, 0.1) is 0 Å². The summed E-state index contributed by atoms with van der Waals surface area (Å²) in [7, 11) is 0. The summed E-state index contributed by atoms with van der Waals surface area (Å²) in [6, 6.07) is 0. The van der Waals surface area contributed by atoms with E-state index in [9.17, 15) is 0 Å². The van der Waals surface area contributed by atoms with Gasteiger partial charge in [-0.3, -0.25) is 0 Å². The van der Waals surface area contributed by atoms with Gasteiger partial charge in [0.25, 0.3) is 0 Å². The minimum Gasteiger partial charge on any atom is -0.325 e. The zero-order valence-electron chi connectivity index (χ0n) is 9.18. The molecular weight excluding hydrogens is 160 g/mol. The fourth-order valence-electron chi connectivity index (χ4n) is 1.99. The monoisotopic (exact) mass is 184 g/mol. The van der Waals surface area contributed by atoms with Crippen LogP contribution in [0.15, 0.2) is 0 Å². The van der Waals surface area contributed by atoms with E-state index in [0.29, 0.717) is 0 Å². The Labute approximate surface area is 82.5 Å². The molecule has 2 nitrogen and oxygen atoms in total. The van der Waals surface area contributed by atoms with E-state index < -0.39 is 0 Å². The second-order valence-corrected chi connectivity index (χ2v) is 4.37.